The first-order valence-corrected chi connectivity index (χ1v) is 7.07. The maximum atomic E-state index is 12.1. The van der Waals surface area contributed by atoms with E-state index >= 15 is 0 Å². The van der Waals surface area contributed by atoms with Gasteiger partial charge in [-0.25, -0.2) is 0 Å². The van der Waals surface area contributed by atoms with Gasteiger partial charge in [0.2, 0.25) is 6.79 Å². The molecule has 0 atom stereocenters. The molecular formula is C17H17NO4. The molecule has 0 radical (unpaired) electrons. The molecule has 3 rings (SSSR count). The van der Waals surface area contributed by atoms with E-state index in [1.54, 1.807) is 25.3 Å². The van der Waals surface area contributed by atoms with Crippen LogP contribution in [0.3, 0.4) is 0 Å². The predicted octanol–water partition coefficient (Wildman–Crippen LogP) is 2.40. The Balaban J connectivity index is 1.55. The highest BCUT2D eigenvalue weighted by molar-refractivity contribution is 5.94. The number of amides is 1. The van der Waals surface area contributed by atoms with Crippen LogP contribution in [0.5, 0.6) is 17.2 Å². The van der Waals surface area contributed by atoms with Crippen molar-refractivity contribution < 1.29 is 19.0 Å². The monoisotopic (exact) mass is 299 g/mol. The molecule has 1 aliphatic heterocycles. The average Bonchev–Trinajstić information content (AvgIpc) is 3.02. The summed E-state index contributed by atoms with van der Waals surface area (Å²) in [6.07, 6.45) is 0.729. The molecule has 1 amide bonds. The zero-order valence-corrected chi connectivity index (χ0v) is 12.3. The van der Waals surface area contributed by atoms with Crippen LogP contribution in [-0.4, -0.2) is 26.4 Å². The molecule has 0 bridgehead atoms. The van der Waals surface area contributed by atoms with Crippen molar-refractivity contribution >= 4 is 5.91 Å². The van der Waals surface area contributed by atoms with Gasteiger partial charge in [0.05, 0.1) is 7.11 Å². The summed E-state index contributed by atoms with van der Waals surface area (Å²) in [6.45, 7) is 0.820. The molecule has 0 aromatic heterocycles. The first kappa shape index (κ1) is 14.3. The van der Waals surface area contributed by atoms with Gasteiger partial charge in [-0.1, -0.05) is 12.1 Å². The summed E-state index contributed by atoms with van der Waals surface area (Å²) in [7, 11) is 1.58. The van der Waals surface area contributed by atoms with Crippen molar-refractivity contribution in [1.82, 2.24) is 5.32 Å². The maximum Gasteiger partial charge on any atom is 0.251 e. The first-order chi connectivity index (χ1) is 10.8. The number of rotatable bonds is 5. The van der Waals surface area contributed by atoms with Gasteiger partial charge in [-0.2, -0.15) is 0 Å². The summed E-state index contributed by atoms with van der Waals surface area (Å²) < 4.78 is 15.7. The second-order valence-electron chi connectivity index (χ2n) is 4.93. The molecule has 2 aromatic carbocycles. The van der Waals surface area contributed by atoms with Gasteiger partial charge >= 0.3 is 0 Å². The van der Waals surface area contributed by atoms with Crippen LogP contribution in [0.2, 0.25) is 0 Å². The fourth-order valence-electron chi connectivity index (χ4n) is 2.28. The van der Waals surface area contributed by atoms with E-state index in [9.17, 15) is 4.79 Å². The molecule has 1 heterocycles. The van der Waals surface area contributed by atoms with Crippen molar-refractivity contribution in [2.45, 2.75) is 6.42 Å². The summed E-state index contributed by atoms with van der Waals surface area (Å²) in [5.74, 6) is 2.09. The van der Waals surface area contributed by atoms with Crippen LogP contribution in [0, 0.1) is 0 Å². The topological polar surface area (TPSA) is 56.8 Å². The summed E-state index contributed by atoms with van der Waals surface area (Å²) in [4.78, 5) is 12.1. The molecule has 0 saturated heterocycles. The summed E-state index contributed by atoms with van der Waals surface area (Å²) >= 11 is 0. The van der Waals surface area contributed by atoms with Gasteiger partial charge in [-0.15, -0.1) is 0 Å². The number of methoxy groups -OCH3 is 1. The van der Waals surface area contributed by atoms with Crippen molar-refractivity contribution in [2.75, 3.05) is 20.4 Å². The molecule has 22 heavy (non-hydrogen) atoms. The molecule has 1 aliphatic rings. The highest BCUT2D eigenvalue weighted by Gasteiger charge is 2.13. The van der Waals surface area contributed by atoms with E-state index in [0.717, 1.165) is 23.5 Å². The van der Waals surface area contributed by atoms with E-state index in [-0.39, 0.29) is 12.7 Å². The summed E-state index contributed by atoms with van der Waals surface area (Å²) in [5.41, 5.74) is 1.68. The lowest BCUT2D eigenvalue weighted by molar-refractivity contribution is 0.0954. The predicted molar refractivity (Wildman–Crippen MR) is 81.6 cm³/mol. The fourth-order valence-corrected chi connectivity index (χ4v) is 2.28. The Hall–Kier alpha value is -2.69. The average molecular weight is 299 g/mol. The molecule has 0 spiro atoms. The van der Waals surface area contributed by atoms with Gasteiger partial charge in [-0.3, -0.25) is 4.79 Å². The van der Waals surface area contributed by atoms with Crippen LogP contribution in [0.4, 0.5) is 0 Å². The van der Waals surface area contributed by atoms with Gasteiger partial charge in [0.15, 0.2) is 11.5 Å². The Bertz CT molecular complexity index is 684. The minimum absolute atomic E-state index is 0.111. The van der Waals surface area contributed by atoms with E-state index in [4.69, 9.17) is 14.2 Å². The third-order valence-electron chi connectivity index (χ3n) is 3.47. The smallest absolute Gasteiger partial charge is 0.251 e. The summed E-state index contributed by atoms with van der Waals surface area (Å²) in [5, 5.41) is 2.90. The molecule has 0 unspecified atom stereocenters. The van der Waals surface area contributed by atoms with Crippen molar-refractivity contribution in [3.63, 3.8) is 0 Å². The molecule has 0 saturated carbocycles. The fraction of sp³-hybridized carbons (Fsp3) is 0.235. The van der Waals surface area contributed by atoms with E-state index in [1.165, 1.54) is 0 Å². The molecule has 2 aromatic rings. The minimum atomic E-state index is -0.111. The lowest BCUT2D eigenvalue weighted by Crippen LogP contribution is -2.25. The van der Waals surface area contributed by atoms with Gasteiger partial charge in [0.25, 0.3) is 5.91 Å². The van der Waals surface area contributed by atoms with Crippen LogP contribution < -0.4 is 19.5 Å². The Kier molecular flexibility index (Phi) is 4.14. The zero-order chi connectivity index (χ0) is 15.4. The van der Waals surface area contributed by atoms with Gasteiger partial charge < -0.3 is 19.5 Å². The van der Waals surface area contributed by atoms with Crippen molar-refractivity contribution in [2.24, 2.45) is 0 Å². The number of benzene rings is 2. The highest BCUT2D eigenvalue weighted by Crippen LogP contribution is 2.32. The molecular weight excluding hydrogens is 282 g/mol. The second-order valence-corrected chi connectivity index (χ2v) is 4.93. The Morgan fingerprint density at radius 3 is 2.91 bits per heavy atom. The van der Waals surface area contributed by atoms with Crippen LogP contribution in [0.15, 0.2) is 42.5 Å². The number of carbonyl (C=O) groups is 1. The van der Waals surface area contributed by atoms with Crippen LogP contribution in [-0.2, 0) is 6.42 Å². The summed E-state index contributed by atoms with van der Waals surface area (Å²) in [6, 6.07) is 12.9. The van der Waals surface area contributed by atoms with E-state index in [1.807, 2.05) is 24.3 Å². The molecule has 0 fully saturated rings. The Morgan fingerprint density at radius 1 is 1.18 bits per heavy atom. The molecule has 0 aliphatic carbocycles. The molecule has 5 heteroatoms. The first-order valence-electron chi connectivity index (χ1n) is 7.07. The second kappa shape index (κ2) is 6.39. The van der Waals surface area contributed by atoms with Gasteiger partial charge in [0.1, 0.15) is 5.75 Å². The molecule has 114 valence electrons. The minimum Gasteiger partial charge on any atom is -0.497 e. The Morgan fingerprint density at radius 2 is 2.05 bits per heavy atom. The number of hydrogen-bond acceptors (Lipinski definition) is 4. The lowest BCUT2D eigenvalue weighted by Gasteiger charge is -2.07. The largest absolute Gasteiger partial charge is 0.497 e. The van der Waals surface area contributed by atoms with E-state index in [0.29, 0.717) is 17.9 Å². The van der Waals surface area contributed by atoms with Gasteiger partial charge in [0, 0.05) is 12.1 Å². The maximum absolute atomic E-state index is 12.1. The van der Waals surface area contributed by atoms with Crippen molar-refractivity contribution in [3.05, 3.63) is 53.6 Å². The number of hydrogen-bond donors (Lipinski definition) is 1. The number of ether oxygens (including phenoxy) is 3. The van der Waals surface area contributed by atoms with Crippen LogP contribution in [0.1, 0.15) is 15.9 Å². The lowest BCUT2D eigenvalue weighted by atomic mass is 10.1. The number of fused-ring (bicyclic) bond motifs is 1. The van der Waals surface area contributed by atoms with Crippen LogP contribution in [0.25, 0.3) is 0 Å². The number of nitrogens with one attached hydrogen (secondary N) is 1. The standard InChI is InChI=1S/C17H17NO4/c1-20-14-4-2-3-13(10-14)17(19)18-8-7-12-5-6-15-16(9-12)22-11-21-15/h2-6,9-10H,7-8,11H2,1H3,(H,18,19). The quantitative estimate of drug-likeness (QED) is 0.921. The molecule has 5 nitrogen and oxygen atoms in total. The highest BCUT2D eigenvalue weighted by atomic mass is 16.7. The van der Waals surface area contributed by atoms with Crippen molar-refractivity contribution in [3.8, 4) is 17.2 Å². The van der Waals surface area contributed by atoms with Crippen molar-refractivity contribution in [1.29, 1.82) is 0 Å². The van der Waals surface area contributed by atoms with E-state index < -0.39 is 0 Å². The normalized spacial score (nSPS) is 12.0. The van der Waals surface area contributed by atoms with Crippen LogP contribution >= 0.6 is 0 Å². The Labute approximate surface area is 128 Å². The SMILES string of the molecule is COc1cccc(C(=O)NCCc2ccc3c(c2)OCO3)c1. The third kappa shape index (κ3) is 3.14. The number of carbonyl (C=O) groups excluding carboxylic acids is 1. The third-order valence-corrected chi connectivity index (χ3v) is 3.47. The van der Waals surface area contributed by atoms with E-state index in [2.05, 4.69) is 5.32 Å². The molecule has 1 N–H and O–H groups in total. The van der Waals surface area contributed by atoms with Gasteiger partial charge in [-0.05, 0) is 42.3 Å². The zero-order valence-electron chi connectivity index (χ0n) is 12.3.